The van der Waals surface area contributed by atoms with E-state index in [1.165, 1.54) is 25.9 Å². The first-order chi connectivity index (χ1) is 9.22. The molecule has 2 rings (SSSR count). The van der Waals surface area contributed by atoms with Crippen molar-refractivity contribution >= 4 is 5.97 Å². The normalized spacial score (nSPS) is 15.9. The van der Waals surface area contributed by atoms with Gasteiger partial charge in [-0.25, -0.2) is 4.79 Å². The van der Waals surface area contributed by atoms with Gasteiger partial charge in [0.15, 0.2) is 0 Å². The van der Waals surface area contributed by atoms with E-state index in [0.29, 0.717) is 12.3 Å². The second-order valence-electron chi connectivity index (χ2n) is 5.16. The molecule has 0 spiro atoms. The zero-order chi connectivity index (χ0) is 13.7. The lowest BCUT2D eigenvalue weighted by Crippen LogP contribution is -2.22. The molecule has 0 atom stereocenters. The Morgan fingerprint density at radius 1 is 1.32 bits per heavy atom. The van der Waals surface area contributed by atoms with E-state index in [1.807, 2.05) is 30.7 Å². The summed E-state index contributed by atoms with van der Waals surface area (Å²) in [4.78, 5) is 14.4. The van der Waals surface area contributed by atoms with E-state index in [-0.39, 0.29) is 5.97 Å². The number of aryl methyl sites for hydroxylation is 2. The molecule has 4 heteroatoms. The summed E-state index contributed by atoms with van der Waals surface area (Å²) in [7, 11) is 0. The lowest BCUT2D eigenvalue weighted by Gasteiger charge is -2.15. The van der Waals surface area contributed by atoms with Crippen LogP contribution in [0.4, 0.5) is 0 Å². The van der Waals surface area contributed by atoms with Crippen LogP contribution in [0.3, 0.4) is 0 Å². The predicted molar refractivity (Wildman–Crippen MR) is 75.4 cm³/mol. The maximum absolute atomic E-state index is 11.9. The third kappa shape index (κ3) is 3.60. The van der Waals surface area contributed by atoms with Gasteiger partial charge in [-0.05, 0) is 64.4 Å². The van der Waals surface area contributed by atoms with Crippen molar-refractivity contribution in [3.63, 3.8) is 0 Å². The summed E-state index contributed by atoms with van der Waals surface area (Å²) < 4.78 is 7.15. The van der Waals surface area contributed by atoms with Crippen molar-refractivity contribution < 1.29 is 9.53 Å². The Hall–Kier alpha value is -1.29. The van der Waals surface area contributed by atoms with Gasteiger partial charge in [0.05, 0.1) is 6.61 Å². The molecule has 0 unspecified atom stereocenters. The van der Waals surface area contributed by atoms with Gasteiger partial charge in [-0.3, -0.25) is 0 Å². The maximum atomic E-state index is 11.9. The van der Waals surface area contributed by atoms with Gasteiger partial charge in [0, 0.05) is 12.7 Å². The third-order valence-corrected chi connectivity index (χ3v) is 3.71. The summed E-state index contributed by atoms with van der Waals surface area (Å²) in [6.07, 6.45) is 5.74. The minimum absolute atomic E-state index is 0.203. The van der Waals surface area contributed by atoms with Crippen LogP contribution in [0.5, 0.6) is 0 Å². The summed E-state index contributed by atoms with van der Waals surface area (Å²) in [5.74, 6) is -0.203. The zero-order valence-corrected chi connectivity index (χ0v) is 12.0. The number of aromatic nitrogens is 1. The van der Waals surface area contributed by atoms with Gasteiger partial charge in [-0.15, -0.1) is 0 Å². The van der Waals surface area contributed by atoms with Crippen LogP contribution < -0.4 is 0 Å². The van der Waals surface area contributed by atoms with Crippen molar-refractivity contribution in [2.75, 3.05) is 26.2 Å². The highest BCUT2D eigenvalue weighted by atomic mass is 16.5. The number of carbonyl (C=O) groups excluding carboxylic acids is 1. The van der Waals surface area contributed by atoms with Crippen molar-refractivity contribution in [2.45, 2.75) is 39.7 Å². The van der Waals surface area contributed by atoms with Crippen LogP contribution in [-0.2, 0) is 11.3 Å². The third-order valence-electron chi connectivity index (χ3n) is 3.71. The SMILES string of the molecule is CCOC(=O)c1c(C)ccn1CCCN1CCCC1. The Morgan fingerprint density at radius 2 is 2.05 bits per heavy atom. The molecule has 0 aliphatic carbocycles. The highest BCUT2D eigenvalue weighted by Gasteiger charge is 2.16. The fourth-order valence-corrected chi connectivity index (χ4v) is 2.72. The van der Waals surface area contributed by atoms with Crippen molar-refractivity contribution in [3.05, 3.63) is 23.5 Å². The average molecular weight is 264 g/mol. The van der Waals surface area contributed by atoms with Gasteiger partial charge in [0.1, 0.15) is 5.69 Å². The zero-order valence-electron chi connectivity index (χ0n) is 12.0. The Kier molecular flexibility index (Phi) is 5.02. The first-order valence-corrected chi connectivity index (χ1v) is 7.27. The molecule has 0 radical (unpaired) electrons. The number of carbonyl (C=O) groups is 1. The fraction of sp³-hybridized carbons (Fsp3) is 0.667. The van der Waals surface area contributed by atoms with Crippen LogP contribution in [0, 0.1) is 6.92 Å². The Labute approximate surface area is 115 Å². The van der Waals surface area contributed by atoms with Gasteiger partial charge >= 0.3 is 5.97 Å². The first kappa shape index (κ1) is 14.1. The van der Waals surface area contributed by atoms with E-state index in [2.05, 4.69) is 4.90 Å². The molecule has 2 heterocycles. The van der Waals surface area contributed by atoms with Crippen molar-refractivity contribution in [2.24, 2.45) is 0 Å². The second kappa shape index (κ2) is 6.75. The fourth-order valence-electron chi connectivity index (χ4n) is 2.72. The summed E-state index contributed by atoms with van der Waals surface area (Å²) in [5.41, 5.74) is 1.71. The van der Waals surface area contributed by atoms with E-state index < -0.39 is 0 Å². The molecule has 0 N–H and O–H groups in total. The van der Waals surface area contributed by atoms with E-state index in [4.69, 9.17) is 4.74 Å². The smallest absolute Gasteiger partial charge is 0.355 e. The van der Waals surface area contributed by atoms with Gasteiger partial charge < -0.3 is 14.2 Å². The predicted octanol–water partition coefficient (Wildman–Crippen LogP) is 2.46. The number of nitrogens with zero attached hydrogens (tertiary/aromatic N) is 2. The Bertz CT molecular complexity index is 420. The molecule has 1 fully saturated rings. The van der Waals surface area contributed by atoms with Crippen LogP contribution in [0.1, 0.15) is 42.2 Å². The van der Waals surface area contributed by atoms with Gasteiger partial charge in [-0.1, -0.05) is 0 Å². The van der Waals surface area contributed by atoms with Crippen LogP contribution >= 0.6 is 0 Å². The van der Waals surface area contributed by atoms with E-state index >= 15 is 0 Å². The number of hydrogen-bond acceptors (Lipinski definition) is 3. The lowest BCUT2D eigenvalue weighted by molar-refractivity contribution is 0.0512. The molecule has 1 aromatic heterocycles. The highest BCUT2D eigenvalue weighted by molar-refractivity contribution is 5.89. The molecular weight excluding hydrogens is 240 g/mol. The topological polar surface area (TPSA) is 34.5 Å². The largest absolute Gasteiger partial charge is 0.461 e. The number of hydrogen-bond donors (Lipinski definition) is 0. The molecule has 1 aliphatic heterocycles. The lowest BCUT2D eigenvalue weighted by atomic mass is 10.2. The van der Waals surface area contributed by atoms with Crippen molar-refractivity contribution in [1.82, 2.24) is 9.47 Å². The Morgan fingerprint density at radius 3 is 2.74 bits per heavy atom. The second-order valence-corrected chi connectivity index (χ2v) is 5.16. The van der Waals surface area contributed by atoms with Crippen molar-refractivity contribution in [3.8, 4) is 0 Å². The monoisotopic (exact) mass is 264 g/mol. The van der Waals surface area contributed by atoms with Crippen molar-refractivity contribution in [1.29, 1.82) is 0 Å². The molecule has 19 heavy (non-hydrogen) atoms. The average Bonchev–Trinajstić information content (AvgIpc) is 3.00. The minimum atomic E-state index is -0.203. The molecule has 1 aliphatic rings. The molecule has 0 saturated carbocycles. The van der Waals surface area contributed by atoms with Crippen LogP contribution in [0.15, 0.2) is 12.3 Å². The van der Waals surface area contributed by atoms with E-state index in [1.54, 1.807) is 0 Å². The van der Waals surface area contributed by atoms with Gasteiger partial charge in [-0.2, -0.15) is 0 Å². The molecular formula is C15H24N2O2. The number of rotatable bonds is 6. The Balaban J connectivity index is 1.90. The van der Waals surface area contributed by atoms with E-state index in [0.717, 1.165) is 25.1 Å². The standard InChI is InChI=1S/C15H24N2O2/c1-3-19-15(18)14-13(2)7-12-17(14)11-6-10-16-8-4-5-9-16/h7,12H,3-6,8-11H2,1-2H3. The highest BCUT2D eigenvalue weighted by Crippen LogP contribution is 2.13. The van der Waals surface area contributed by atoms with Gasteiger partial charge in [0.25, 0.3) is 0 Å². The minimum Gasteiger partial charge on any atom is -0.461 e. The summed E-state index contributed by atoms with van der Waals surface area (Å²) in [6, 6.07) is 1.99. The molecule has 0 amide bonds. The van der Waals surface area contributed by atoms with Gasteiger partial charge in [0.2, 0.25) is 0 Å². The molecule has 4 nitrogen and oxygen atoms in total. The molecule has 0 bridgehead atoms. The number of esters is 1. The van der Waals surface area contributed by atoms with Crippen LogP contribution in [0.2, 0.25) is 0 Å². The van der Waals surface area contributed by atoms with E-state index in [9.17, 15) is 4.79 Å². The molecule has 1 saturated heterocycles. The summed E-state index contributed by atoms with van der Waals surface area (Å²) in [6.45, 7) is 8.71. The molecule has 1 aromatic rings. The maximum Gasteiger partial charge on any atom is 0.355 e. The molecule has 0 aromatic carbocycles. The number of likely N-dealkylation sites (tertiary alicyclic amines) is 1. The summed E-state index contributed by atoms with van der Waals surface area (Å²) >= 11 is 0. The first-order valence-electron chi connectivity index (χ1n) is 7.27. The summed E-state index contributed by atoms with van der Waals surface area (Å²) in [5, 5.41) is 0. The molecule has 106 valence electrons. The van der Waals surface area contributed by atoms with Crippen LogP contribution in [-0.4, -0.2) is 41.7 Å². The quantitative estimate of drug-likeness (QED) is 0.740. The number of ether oxygens (including phenoxy) is 1. The van der Waals surface area contributed by atoms with Crippen LogP contribution in [0.25, 0.3) is 0 Å².